The van der Waals surface area contributed by atoms with Gasteiger partial charge in [-0.2, -0.15) is 0 Å². The molecule has 0 saturated carbocycles. The summed E-state index contributed by atoms with van der Waals surface area (Å²) in [5.74, 6) is 0. The van der Waals surface area contributed by atoms with Gasteiger partial charge in [-0.3, -0.25) is 0 Å². The third-order valence-corrected chi connectivity index (χ3v) is 3.04. The van der Waals surface area contributed by atoms with Gasteiger partial charge < -0.3 is 0 Å². The van der Waals surface area contributed by atoms with Crippen LogP contribution in [-0.2, 0) is 0 Å². The molecule has 15 heavy (non-hydrogen) atoms. The van der Waals surface area contributed by atoms with Crippen LogP contribution in [0.5, 0.6) is 0 Å². The summed E-state index contributed by atoms with van der Waals surface area (Å²) in [4.78, 5) is 1.32. The number of benzene rings is 1. The highest BCUT2D eigenvalue weighted by Gasteiger charge is 2.05. The Morgan fingerprint density at radius 3 is 2.60 bits per heavy atom. The van der Waals surface area contributed by atoms with E-state index in [4.69, 9.17) is 0 Å². The van der Waals surface area contributed by atoms with Crippen LogP contribution in [0.3, 0.4) is 0 Å². The van der Waals surface area contributed by atoms with Crippen LogP contribution in [-0.4, -0.2) is 5.25 Å². The second-order valence-corrected chi connectivity index (χ2v) is 5.31. The monoisotopic (exact) mass is 218 g/mol. The molecule has 0 radical (unpaired) electrons. The Morgan fingerprint density at radius 2 is 2.00 bits per heavy atom. The Kier molecular flexibility index (Phi) is 4.70. The van der Waals surface area contributed by atoms with E-state index in [1.807, 2.05) is 24.8 Å². The highest BCUT2D eigenvalue weighted by Crippen LogP contribution is 2.30. The first-order chi connectivity index (χ1) is 7.15. The molecule has 0 fully saturated rings. The largest absolute Gasteiger partial charge is 0.123 e. The Bertz CT molecular complexity index is 361. The lowest BCUT2D eigenvalue weighted by molar-refractivity contribution is 1.11. The normalized spacial score (nSPS) is 11.2. The van der Waals surface area contributed by atoms with Crippen LogP contribution in [0.15, 0.2) is 47.9 Å². The zero-order chi connectivity index (χ0) is 11.3. The molecule has 0 atom stereocenters. The van der Waals surface area contributed by atoms with Crippen LogP contribution in [0.1, 0.15) is 26.3 Å². The summed E-state index contributed by atoms with van der Waals surface area (Å²) in [6.45, 7) is 10.5. The van der Waals surface area contributed by atoms with Crippen molar-refractivity contribution in [2.45, 2.75) is 30.9 Å². The Labute approximate surface area is 97.1 Å². The molecule has 0 aromatic heterocycles. The number of thioether (sulfide) groups is 1. The SMILES string of the molecule is C=C(/C=C\C)c1ccccc1SC(C)C. The minimum Gasteiger partial charge on any atom is -0.123 e. The zero-order valence-electron chi connectivity index (χ0n) is 9.66. The van der Waals surface area contributed by atoms with Gasteiger partial charge in [0, 0.05) is 10.1 Å². The van der Waals surface area contributed by atoms with Crippen LogP contribution < -0.4 is 0 Å². The van der Waals surface area contributed by atoms with Crippen molar-refractivity contribution in [3.8, 4) is 0 Å². The van der Waals surface area contributed by atoms with Gasteiger partial charge in [0.15, 0.2) is 0 Å². The highest BCUT2D eigenvalue weighted by molar-refractivity contribution is 8.00. The molecular formula is C14H18S. The Hall–Kier alpha value is -0.950. The van der Waals surface area contributed by atoms with E-state index in [0.717, 1.165) is 5.57 Å². The quantitative estimate of drug-likeness (QED) is 0.518. The summed E-state index contributed by atoms with van der Waals surface area (Å²) in [6, 6.07) is 8.44. The van der Waals surface area contributed by atoms with Gasteiger partial charge in [-0.25, -0.2) is 0 Å². The lowest BCUT2D eigenvalue weighted by Gasteiger charge is -2.10. The third kappa shape index (κ3) is 3.60. The van der Waals surface area contributed by atoms with E-state index in [1.165, 1.54) is 10.5 Å². The summed E-state index contributed by atoms with van der Waals surface area (Å²) in [7, 11) is 0. The van der Waals surface area contributed by atoms with Crippen LogP contribution in [0.4, 0.5) is 0 Å². The van der Waals surface area contributed by atoms with Crippen LogP contribution in [0, 0.1) is 0 Å². The first-order valence-electron chi connectivity index (χ1n) is 5.22. The maximum atomic E-state index is 4.08. The topological polar surface area (TPSA) is 0 Å². The van der Waals surface area contributed by atoms with Crippen molar-refractivity contribution in [1.29, 1.82) is 0 Å². The molecule has 1 rings (SSSR count). The average molecular weight is 218 g/mol. The maximum absolute atomic E-state index is 4.08. The van der Waals surface area contributed by atoms with Crippen molar-refractivity contribution in [1.82, 2.24) is 0 Å². The molecule has 0 saturated heterocycles. The fourth-order valence-electron chi connectivity index (χ4n) is 1.38. The molecule has 0 amide bonds. The third-order valence-electron chi connectivity index (χ3n) is 1.96. The Balaban J connectivity index is 3.00. The molecule has 0 unspecified atom stereocenters. The van der Waals surface area contributed by atoms with E-state index >= 15 is 0 Å². The van der Waals surface area contributed by atoms with Crippen molar-refractivity contribution in [2.24, 2.45) is 0 Å². The van der Waals surface area contributed by atoms with Gasteiger partial charge >= 0.3 is 0 Å². The minimum absolute atomic E-state index is 0.601. The highest BCUT2D eigenvalue weighted by atomic mass is 32.2. The fourth-order valence-corrected chi connectivity index (χ4v) is 2.37. The maximum Gasteiger partial charge on any atom is 0.0153 e. The van der Waals surface area contributed by atoms with Crippen molar-refractivity contribution < 1.29 is 0 Å². The first-order valence-corrected chi connectivity index (χ1v) is 6.10. The van der Waals surface area contributed by atoms with E-state index in [0.29, 0.717) is 5.25 Å². The summed E-state index contributed by atoms with van der Waals surface area (Å²) >= 11 is 1.88. The van der Waals surface area contributed by atoms with Gasteiger partial charge in [-0.15, -0.1) is 11.8 Å². The predicted octanol–water partition coefficient (Wildman–Crippen LogP) is 4.78. The molecule has 0 N–H and O–H groups in total. The van der Waals surface area contributed by atoms with Crippen LogP contribution in [0.2, 0.25) is 0 Å². The Morgan fingerprint density at radius 1 is 1.33 bits per heavy atom. The molecule has 0 aliphatic carbocycles. The molecule has 1 aromatic rings. The van der Waals surface area contributed by atoms with Crippen LogP contribution >= 0.6 is 11.8 Å². The van der Waals surface area contributed by atoms with Crippen LogP contribution in [0.25, 0.3) is 5.57 Å². The molecule has 0 aliphatic heterocycles. The summed E-state index contributed by atoms with van der Waals surface area (Å²) < 4.78 is 0. The summed E-state index contributed by atoms with van der Waals surface area (Å²) in [5.41, 5.74) is 2.33. The molecule has 1 heteroatoms. The van der Waals surface area contributed by atoms with Crippen molar-refractivity contribution >= 4 is 17.3 Å². The van der Waals surface area contributed by atoms with E-state index in [1.54, 1.807) is 0 Å². The number of allylic oxidation sites excluding steroid dienone is 3. The first kappa shape index (κ1) is 12.1. The number of hydrogen-bond donors (Lipinski definition) is 0. The second kappa shape index (κ2) is 5.82. The second-order valence-electron chi connectivity index (χ2n) is 3.69. The van der Waals surface area contributed by atoms with E-state index in [2.05, 4.69) is 50.8 Å². The van der Waals surface area contributed by atoms with Gasteiger partial charge in [0.2, 0.25) is 0 Å². The molecular weight excluding hydrogens is 200 g/mol. The van der Waals surface area contributed by atoms with E-state index < -0.39 is 0 Å². The van der Waals surface area contributed by atoms with Crippen molar-refractivity contribution in [2.75, 3.05) is 0 Å². The lowest BCUT2D eigenvalue weighted by Crippen LogP contribution is -1.90. The molecule has 0 heterocycles. The number of hydrogen-bond acceptors (Lipinski definition) is 1. The smallest absolute Gasteiger partial charge is 0.0153 e. The molecule has 0 nitrogen and oxygen atoms in total. The van der Waals surface area contributed by atoms with E-state index in [9.17, 15) is 0 Å². The minimum atomic E-state index is 0.601. The standard InChI is InChI=1S/C14H18S/c1-5-8-12(4)13-9-6-7-10-14(13)15-11(2)3/h5-11H,4H2,1-3H3/b8-5-. The molecule has 0 aliphatic rings. The molecule has 0 bridgehead atoms. The van der Waals surface area contributed by atoms with Gasteiger partial charge in [0.1, 0.15) is 0 Å². The lowest BCUT2D eigenvalue weighted by atomic mass is 10.1. The zero-order valence-corrected chi connectivity index (χ0v) is 10.5. The van der Waals surface area contributed by atoms with E-state index in [-0.39, 0.29) is 0 Å². The van der Waals surface area contributed by atoms with Gasteiger partial charge in [0.25, 0.3) is 0 Å². The fraction of sp³-hybridized carbons (Fsp3) is 0.286. The molecule has 0 spiro atoms. The summed E-state index contributed by atoms with van der Waals surface area (Å²) in [5, 5.41) is 0.601. The molecule has 1 aromatic carbocycles. The van der Waals surface area contributed by atoms with Gasteiger partial charge in [-0.05, 0) is 24.1 Å². The van der Waals surface area contributed by atoms with Crippen molar-refractivity contribution in [3.63, 3.8) is 0 Å². The molecule has 80 valence electrons. The predicted molar refractivity (Wildman–Crippen MR) is 71.3 cm³/mol. The van der Waals surface area contributed by atoms with Gasteiger partial charge in [0.05, 0.1) is 0 Å². The average Bonchev–Trinajstić information content (AvgIpc) is 2.18. The van der Waals surface area contributed by atoms with Crippen molar-refractivity contribution in [3.05, 3.63) is 48.6 Å². The number of rotatable bonds is 4. The summed E-state index contributed by atoms with van der Waals surface area (Å²) in [6.07, 6.45) is 4.08. The van der Waals surface area contributed by atoms with Gasteiger partial charge in [-0.1, -0.05) is 50.8 Å².